The summed E-state index contributed by atoms with van der Waals surface area (Å²) in [7, 11) is -2.97. The molecule has 17 heavy (non-hydrogen) atoms. The van der Waals surface area contributed by atoms with Crippen molar-refractivity contribution in [1.82, 2.24) is 9.71 Å². The van der Waals surface area contributed by atoms with Crippen molar-refractivity contribution in [3.63, 3.8) is 0 Å². The molecule has 1 amide bonds. The van der Waals surface area contributed by atoms with Gasteiger partial charge in [0, 0.05) is 11.4 Å². The Kier molecular flexibility index (Phi) is 4.26. The van der Waals surface area contributed by atoms with E-state index >= 15 is 0 Å². The second-order valence-corrected chi connectivity index (χ2v) is 5.34. The maximum atomic E-state index is 11.4. The van der Waals surface area contributed by atoms with E-state index in [1.807, 2.05) is 0 Å². The number of nitrogens with one attached hydrogen (secondary N) is 2. The number of rotatable bonds is 4. The summed E-state index contributed by atoms with van der Waals surface area (Å²) >= 11 is 1.07. The number of carbonyl (C=O) groups excluding carboxylic acids is 1. The van der Waals surface area contributed by atoms with E-state index in [2.05, 4.69) is 14.4 Å². The summed E-state index contributed by atoms with van der Waals surface area (Å²) in [4.78, 5) is 14.7. The van der Waals surface area contributed by atoms with E-state index in [4.69, 9.17) is 5.73 Å². The van der Waals surface area contributed by atoms with E-state index in [0.29, 0.717) is 5.69 Å². The van der Waals surface area contributed by atoms with Crippen LogP contribution >= 0.6 is 11.3 Å². The van der Waals surface area contributed by atoms with Crippen LogP contribution in [0, 0.1) is 0 Å². The third kappa shape index (κ3) is 4.17. The van der Waals surface area contributed by atoms with Crippen molar-refractivity contribution in [1.29, 1.82) is 0 Å². The van der Waals surface area contributed by atoms with E-state index in [9.17, 15) is 13.2 Å². The lowest BCUT2D eigenvalue weighted by Gasteiger charge is -2.05. The summed E-state index contributed by atoms with van der Waals surface area (Å²) in [6.45, 7) is 1.72. The average molecular weight is 280 g/mol. The van der Waals surface area contributed by atoms with Gasteiger partial charge in [-0.15, -0.1) is 11.3 Å². The monoisotopic (exact) mass is 280 g/mol. The number of methoxy groups -OCH3 is 1. The third-order valence-corrected chi connectivity index (χ3v) is 3.42. The first-order valence-electron chi connectivity index (χ1n) is 4.43. The second kappa shape index (κ2) is 5.29. The van der Waals surface area contributed by atoms with E-state index in [0.717, 1.165) is 18.4 Å². The zero-order valence-electron chi connectivity index (χ0n) is 9.13. The van der Waals surface area contributed by atoms with E-state index in [-0.39, 0.29) is 11.2 Å². The van der Waals surface area contributed by atoms with Gasteiger partial charge in [-0.3, -0.25) is 0 Å². The minimum atomic E-state index is -4.03. The Morgan fingerprint density at radius 1 is 1.65 bits per heavy atom. The molecule has 0 aliphatic heterocycles. The zero-order chi connectivity index (χ0) is 13.1. The molecule has 0 aliphatic rings. The van der Waals surface area contributed by atoms with Gasteiger partial charge >= 0.3 is 16.3 Å². The van der Waals surface area contributed by atoms with E-state index in [1.54, 1.807) is 17.0 Å². The maximum absolute atomic E-state index is 11.4. The SMILES string of the molecule is COC(=O)NS(=O)(=O)Nc1nc(C(C)N)cs1. The molecular weight excluding hydrogens is 268 g/mol. The number of amides is 1. The van der Waals surface area contributed by atoms with Gasteiger partial charge in [0.05, 0.1) is 12.8 Å². The minimum Gasteiger partial charge on any atom is -0.452 e. The molecule has 0 aromatic carbocycles. The smallest absolute Gasteiger partial charge is 0.422 e. The van der Waals surface area contributed by atoms with Crippen LogP contribution in [0.2, 0.25) is 0 Å². The predicted molar refractivity (Wildman–Crippen MR) is 62.8 cm³/mol. The molecule has 1 aromatic rings. The van der Waals surface area contributed by atoms with Crippen molar-refractivity contribution in [3.8, 4) is 0 Å². The quantitative estimate of drug-likeness (QED) is 0.722. The fourth-order valence-corrected chi connectivity index (χ4v) is 2.64. The number of hydrogen-bond donors (Lipinski definition) is 3. The molecule has 10 heteroatoms. The minimum absolute atomic E-state index is 0.119. The van der Waals surface area contributed by atoms with Crippen molar-refractivity contribution in [2.75, 3.05) is 11.8 Å². The maximum Gasteiger partial charge on any atom is 0.422 e. The molecule has 0 fully saturated rings. The molecule has 96 valence electrons. The molecule has 0 saturated carbocycles. The number of nitrogens with zero attached hydrogens (tertiary/aromatic N) is 1. The van der Waals surface area contributed by atoms with Gasteiger partial charge in [0.15, 0.2) is 5.13 Å². The van der Waals surface area contributed by atoms with Crippen LogP contribution < -0.4 is 15.2 Å². The van der Waals surface area contributed by atoms with Gasteiger partial charge in [-0.25, -0.2) is 19.2 Å². The summed E-state index contributed by atoms with van der Waals surface area (Å²) in [5, 5.41) is 1.74. The van der Waals surface area contributed by atoms with Crippen molar-refractivity contribution >= 4 is 32.8 Å². The van der Waals surface area contributed by atoms with Crippen LogP contribution in [-0.4, -0.2) is 26.6 Å². The highest BCUT2D eigenvalue weighted by molar-refractivity contribution is 7.91. The molecule has 0 aliphatic carbocycles. The Hall–Kier alpha value is -1.39. The number of thiazole rings is 1. The summed E-state index contributed by atoms with van der Waals surface area (Å²) in [5.74, 6) is 0. The zero-order valence-corrected chi connectivity index (χ0v) is 10.8. The molecule has 0 spiro atoms. The van der Waals surface area contributed by atoms with Crippen LogP contribution in [0.4, 0.5) is 9.93 Å². The third-order valence-electron chi connectivity index (χ3n) is 1.61. The second-order valence-electron chi connectivity index (χ2n) is 3.07. The van der Waals surface area contributed by atoms with Crippen LogP contribution in [0.15, 0.2) is 5.38 Å². The highest BCUT2D eigenvalue weighted by atomic mass is 32.2. The van der Waals surface area contributed by atoms with Crippen molar-refractivity contribution < 1.29 is 17.9 Å². The van der Waals surface area contributed by atoms with Gasteiger partial charge in [0.2, 0.25) is 0 Å². The van der Waals surface area contributed by atoms with Gasteiger partial charge in [0.25, 0.3) is 0 Å². The van der Waals surface area contributed by atoms with Gasteiger partial charge in [-0.05, 0) is 6.92 Å². The van der Waals surface area contributed by atoms with Crippen molar-refractivity contribution in [2.45, 2.75) is 13.0 Å². The first-order valence-corrected chi connectivity index (χ1v) is 6.80. The lowest BCUT2D eigenvalue weighted by molar-refractivity contribution is 0.177. The Labute approximate surface area is 102 Å². The standard InChI is InChI=1S/C7H12N4O4S2/c1-4(8)5-3-16-6(9-5)10-17(13,14)11-7(12)15-2/h3-4H,8H2,1-2H3,(H,9,10)(H,11,12). The Morgan fingerprint density at radius 3 is 2.76 bits per heavy atom. The number of aromatic nitrogens is 1. The summed E-state index contributed by atoms with van der Waals surface area (Å²) in [6, 6.07) is -0.293. The van der Waals surface area contributed by atoms with E-state index < -0.39 is 16.3 Å². The number of hydrogen-bond acceptors (Lipinski definition) is 7. The van der Waals surface area contributed by atoms with Gasteiger partial charge in [-0.2, -0.15) is 8.42 Å². The molecule has 1 atom stereocenters. The lowest BCUT2D eigenvalue weighted by Crippen LogP contribution is -2.35. The molecule has 1 heterocycles. The number of ether oxygens (including phenoxy) is 1. The predicted octanol–water partition coefficient (Wildman–Crippen LogP) is 0.176. The summed E-state index contributed by atoms with van der Waals surface area (Å²) in [6.07, 6.45) is -1.08. The van der Waals surface area contributed by atoms with Crippen LogP contribution in [0.1, 0.15) is 18.7 Å². The number of carbonyl (C=O) groups is 1. The molecule has 1 rings (SSSR count). The highest BCUT2D eigenvalue weighted by Gasteiger charge is 2.16. The molecule has 8 nitrogen and oxygen atoms in total. The average Bonchev–Trinajstić information content (AvgIpc) is 2.64. The fraction of sp³-hybridized carbons (Fsp3) is 0.429. The molecule has 0 radical (unpaired) electrons. The number of anilines is 1. The normalized spacial score (nSPS) is 12.9. The largest absolute Gasteiger partial charge is 0.452 e. The van der Waals surface area contributed by atoms with Crippen LogP contribution in [0.5, 0.6) is 0 Å². The molecular formula is C7H12N4O4S2. The molecule has 1 unspecified atom stereocenters. The first kappa shape index (κ1) is 13.7. The lowest BCUT2D eigenvalue weighted by atomic mass is 10.3. The first-order chi connectivity index (χ1) is 7.84. The molecule has 0 bridgehead atoms. The van der Waals surface area contributed by atoms with Crippen LogP contribution in [-0.2, 0) is 14.9 Å². The van der Waals surface area contributed by atoms with Crippen molar-refractivity contribution in [2.24, 2.45) is 5.73 Å². The van der Waals surface area contributed by atoms with Gasteiger partial charge in [-0.1, -0.05) is 0 Å². The molecule has 1 aromatic heterocycles. The number of nitrogens with two attached hydrogens (primary N) is 1. The topological polar surface area (TPSA) is 123 Å². The Morgan fingerprint density at radius 2 is 2.29 bits per heavy atom. The fourth-order valence-electron chi connectivity index (χ4n) is 0.834. The van der Waals surface area contributed by atoms with Crippen LogP contribution in [0.3, 0.4) is 0 Å². The summed E-state index contributed by atoms with van der Waals surface area (Å²) < 4.78 is 30.6. The van der Waals surface area contributed by atoms with Crippen molar-refractivity contribution in [3.05, 3.63) is 11.1 Å². The van der Waals surface area contributed by atoms with Gasteiger partial charge in [0.1, 0.15) is 0 Å². The summed E-state index contributed by atoms with van der Waals surface area (Å²) in [5.41, 5.74) is 6.13. The van der Waals surface area contributed by atoms with Gasteiger partial charge < -0.3 is 10.5 Å². The Balaban J connectivity index is 2.73. The van der Waals surface area contributed by atoms with Crippen LogP contribution in [0.25, 0.3) is 0 Å². The Bertz CT molecular complexity index is 496. The highest BCUT2D eigenvalue weighted by Crippen LogP contribution is 2.19. The van der Waals surface area contributed by atoms with E-state index in [1.165, 1.54) is 0 Å². The molecule has 0 saturated heterocycles. The molecule has 4 N–H and O–H groups in total.